The van der Waals surface area contributed by atoms with Crippen molar-refractivity contribution >= 4 is 28.0 Å². The minimum Gasteiger partial charge on any atom is -0.391 e. The van der Waals surface area contributed by atoms with Gasteiger partial charge in [-0.1, -0.05) is 12.1 Å². The molecule has 0 saturated carbocycles. The Kier molecular flexibility index (Phi) is 3.41. The van der Waals surface area contributed by atoms with E-state index in [4.69, 9.17) is 9.97 Å². The number of thiophene rings is 1. The second-order valence-electron chi connectivity index (χ2n) is 6.25. The molecule has 0 bridgehead atoms. The molecule has 4 heterocycles. The number of aliphatic hydroxyl groups is 1. The van der Waals surface area contributed by atoms with Gasteiger partial charge in [-0.2, -0.15) is 0 Å². The third-order valence-electron chi connectivity index (χ3n) is 4.61. The Morgan fingerprint density at radius 1 is 1.04 bits per heavy atom. The molecule has 0 amide bonds. The topological polar surface area (TPSA) is 55.4 Å². The summed E-state index contributed by atoms with van der Waals surface area (Å²) < 4.78 is 4.10. The molecule has 0 atom stereocenters. The van der Waals surface area contributed by atoms with Crippen molar-refractivity contribution in [1.82, 2.24) is 18.9 Å². The van der Waals surface area contributed by atoms with Gasteiger partial charge in [-0.15, -0.1) is 11.3 Å². The van der Waals surface area contributed by atoms with Crippen LogP contribution in [-0.4, -0.2) is 24.0 Å². The molecule has 0 fully saturated rings. The lowest BCUT2D eigenvalue weighted by Crippen LogP contribution is -1.92. The van der Waals surface area contributed by atoms with Crippen molar-refractivity contribution < 1.29 is 5.11 Å². The van der Waals surface area contributed by atoms with Crippen molar-refractivity contribution in [3.63, 3.8) is 0 Å². The Morgan fingerprint density at radius 3 is 2.73 bits per heavy atom. The highest BCUT2D eigenvalue weighted by Gasteiger charge is 2.13. The molecule has 26 heavy (non-hydrogen) atoms. The number of fused-ring (bicyclic) bond motifs is 2. The lowest BCUT2D eigenvalue weighted by molar-refractivity contribution is 0.285. The Bertz CT molecular complexity index is 1250. The largest absolute Gasteiger partial charge is 0.391 e. The van der Waals surface area contributed by atoms with Crippen LogP contribution in [0.1, 0.15) is 4.88 Å². The van der Waals surface area contributed by atoms with E-state index in [2.05, 4.69) is 28.3 Å². The number of aryl methyl sites for hydroxylation is 1. The van der Waals surface area contributed by atoms with Crippen LogP contribution in [0, 0.1) is 0 Å². The summed E-state index contributed by atoms with van der Waals surface area (Å²) in [5, 5.41) is 11.3. The third kappa shape index (κ3) is 2.34. The lowest BCUT2D eigenvalue weighted by Gasteiger charge is -1.99. The SMILES string of the molecule is Cn1c(-c2cn3cc(-c4csc(CO)c4)ccc3n2)nc2ccccc21. The number of hydrogen-bond donors (Lipinski definition) is 1. The van der Waals surface area contributed by atoms with Crippen LogP contribution < -0.4 is 0 Å². The van der Waals surface area contributed by atoms with Gasteiger partial charge in [0.2, 0.25) is 0 Å². The van der Waals surface area contributed by atoms with Crippen LogP contribution >= 0.6 is 11.3 Å². The van der Waals surface area contributed by atoms with Gasteiger partial charge < -0.3 is 14.1 Å². The van der Waals surface area contributed by atoms with Crippen LogP contribution in [0.3, 0.4) is 0 Å². The second kappa shape index (κ2) is 5.79. The number of rotatable bonds is 3. The number of aliphatic hydroxyl groups excluding tert-OH is 1. The maximum absolute atomic E-state index is 9.27. The molecule has 4 aromatic heterocycles. The Balaban J connectivity index is 1.62. The third-order valence-corrected chi connectivity index (χ3v) is 5.53. The first-order valence-electron chi connectivity index (χ1n) is 8.32. The fourth-order valence-corrected chi connectivity index (χ4v) is 4.01. The molecule has 1 N–H and O–H groups in total. The van der Waals surface area contributed by atoms with Crippen molar-refractivity contribution in [2.75, 3.05) is 0 Å². The molecule has 0 aliphatic carbocycles. The molecule has 0 radical (unpaired) electrons. The minimum atomic E-state index is 0.0782. The first-order chi connectivity index (χ1) is 12.7. The number of para-hydroxylation sites is 2. The zero-order chi connectivity index (χ0) is 17.7. The van der Waals surface area contributed by atoms with E-state index in [0.717, 1.165) is 44.2 Å². The van der Waals surface area contributed by atoms with Gasteiger partial charge in [0.25, 0.3) is 0 Å². The number of imidazole rings is 2. The van der Waals surface area contributed by atoms with E-state index in [1.807, 2.05) is 48.0 Å². The molecule has 5 nitrogen and oxygen atoms in total. The molecule has 128 valence electrons. The standard InChI is InChI=1S/C20H16N4OS/c1-23-18-5-3-2-4-16(18)22-20(23)17-10-24-9-13(6-7-19(24)21-17)14-8-15(11-25)26-12-14/h2-10,12,25H,11H2,1H3. The lowest BCUT2D eigenvalue weighted by atomic mass is 10.1. The first kappa shape index (κ1) is 15.3. The van der Waals surface area contributed by atoms with E-state index in [9.17, 15) is 5.11 Å². The predicted molar refractivity (Wildman–Crippen MR) is 104 cm³/mol. The van der Waals surface area contributed by atoms with Gasteiger partial charge in [0.05, 0.1) is 17.6 Å². The number of pyridine rings is 1. The van der Waals surface area contributed by atoms with E-state index in [1.54, 1.807) is 11.3 Å². The second-order valence-corrected chi connectivity index (χ2v) is 7.25. The van der Waals surface area contributed by atoms with E-state index in [-0.39, 0.29) is 6.61 Å². The summed E-state index contributed by atoms with van der Waals surface area (Å²) in [5.74, 6) is 0.856. The van der Waals surface area contributed by atoms with Crippen molar-refractivity contribution in [3.05, 3.63) is 65.1 Å². The predicted octanol–water partition coefficient (Wildman–Crippen LogP) is 4.11. The molecule has 0 spiro atoms. The minimum absolute atomic E-state index is 0.0782. The highest BCUT2D eigenvalue weighted by atomic mass is 32.1. The van der Waals surface area contributed by atoms with Crippen LogP contribution in [0.2, 0.25) is 0 Å². The zero-order valence-electron chi connectivity index (χ0n) is 14.1. The molecule has 0 aliphatic rings. The van der Waals surface area contributed by atoms with Crippen LogP contribution in [0.15, 0.2) is 60.2 Å². The normalized spacial score (nSPS) is 11.6. The van der Waals surface area contributed by atoms with Gasteiger partial charge in [0.15, 0.2) is 5.82 Å². The van der Waals surface area contributed by atoms with Crippen molar-refractivity contribution in [3.8, 4) is 22.6 Å². The van der Waals surface area contributed by atoms with Crippen LogP contribution in [0.25, 0.3) is 39.3 Å². The summed E-state index contributed by atoms with van der Waals surface area (Å²) in [7, 11) is 2.02. The zero-order valence-corrected chi connectivity index (χ0v) is 14.9. The van der Waals surface area contributed by atoms with E-state index < -0.39 is 0 Å². The Labute approximate surface area is 153 Å². The van der Waals surface area contributed by atoms with Gasteiger partial charge in [-0.3, -0.25) is 0 Å². The average molecular weight is 360 g/mol. The summed E-state index contributed by atoms with van der Waals surface area (Å²) in [4.78, 5) is 10.4. The van der Waals surface area contributed by atoms with E-state index >= 15 is 0 Å². The molecular formula is C20H16N4OS. The quantitative estimate of drug-likeness (QED) is 0.527. The number of nitrogens with zero attached hydrogens (tertiary/aromatic N) is 4. The fraction of sp³-hybridized carbons (Fsp3) is 0.100. The van der Waals surface area contributed by atoms with Crippen LogP contribution in [-0.2, 0) is 13.7 Å². The van der Waals surface area contributed by atoms with Gasteiger partial charge in [0.1, 0.15) is 11.3 Å². The molecule has 6 heteroatoms. The number of benzene rings is 1. The maximum Gasteiger partial charge on any atom is 0.161 e. The molecule has 0 unspecified atom stereocenters. The molecule has 1 aromatic carbocycles. The van der Waals surface area contributed by atoms with Crippen molar-refractivity contribution in [2.24, 2.45) is 7.05 Å². The van der Waals surface area contributed by atoms with Crippen molar-refractivity contribution in [2.45, 2.75) is 6.61 Å². The van der Waals surface area contributed by atoms with E-state index in [0.29, 0.717) is 0 Å². The van der Waals surface area contributed by atoms with Crippen molar-refractivity contribution in [1.29, 1.82) is 0 Å². The van der Waals surface area contributed by atoms with Gasteiger partial charge in [0, 0.05) is 24.3 Å². The summed E-state index contributed by atoms with van der Waals surface area (Å²) in [6.45, 7) is 0.0782. The van der Waals surface area contributed by atoms with Gasteiger partial charge >= 0.3 is 0 Å². The molecular weight excluding hydrogens is 344 g/mol. The van der Waals surface area contributed by atoms with Gasteiger partial charge in [-0.25, -0.2) is 9.97 Å². The molecule has 0 saturated heterocycles. The Hall–Kier alpha value is -2.96. The van der Waals surface area contributed by atoms with Crippen LogP contribution in [0.5, 0.6) is 0 Å². The summed E-state index contributed by atoms with van der Waals surface area (Å²) in [5.41, 5.74) is 6.00. The highest BCUT2D eigenvalue weighted by molar-refractivity contribution is 7.10. The maximum atomic E-state index is 9.27. The fourth-order valence-electron chi connectivity index (χ4n) is 3.26. The molecule has 0 aliphatic heterocycles. The molecule has 5 aromatic rings. The smallest absolute Gasteiger partial charge is 0.161 e. The average Bonchev–Trinajstić information content (AvgIpc) is 3.38. The first-order valence-corrected chi connectivity index (χ1v) is 9.20. The molecule has 5 rings (SSSR count). The number of hydrogen-bond acceptors (Lipinski definition) is 4. The summed E-state index contributed by atoms with van der Waals surface area (Å²) in [6, 6.07) is 14.2. The Morgan fingerprint density at radius 2 is 1.92 bits per heavy atom. The highest BCUT2D eigenvalue weighted by Crippen LogP contribution is 2.28. The van der Waals surface area contributed by atoms with Crippen LogP contribution in [0.4, 0.5) is 0 Å². The monoisotopic (exact) mass is 360 g/mol. The number of aromatic nitrogens is 4. The summed E-state index contributed by atoms with van der Waals surface area (Å²) >= 11 is 1.57. The van der Waals surface area contributed by atoms with Gasteiger partial charge in [-0.05, 0) is 46.8 Å². The summed E-state index contributed by atoms with van der Waals surface area (Å²) in [6.07, 6.45) is 4.08. The van der Waals surface area contributed by atoms with E-state index in [1.165, 1.54) is 0 Å².